The molecule has 2 heterocycles. The summed E-state index contributed by atoms with van der Waals surface area (Å²) >= 11 is 1.15. The molecule has 1 aliphatic rings. The van der Waals surface area contributed by atoms with Gasteiger partial charge in [0.25, 0.3) is 10.0 Å². The van der Waals surface area contributed by atoms with Gasteiger partial charge in [0.05, 0.1) is 12.0 Å². The summed E-state index contributed by atoms with van der Waals surface area (Å²) in [5, 5.41) is 8.82. The van der Waals surface area contributed by atoms with Gasteiger partial charge in [0.1, 0.15) is 10.8 Å². The summed E-state index contributed by atoms with van der Waals surface area (Å²) < 4.78 is 33.4. The highest BCUT2D eigenvalue weighted by Gasteiger charge is 2.24. The molecule has 0 saturated heterocycles. The molecule has 0 saturated carbocycles. The molecule has 3 aromatic rings. The third-order valence-electron chi connectivity index (χ3n) is 4.84. The molecule has 0 aliphatic carbocycles. The van der Waals surface area contributed by atoms with Crippen LogP contribution in [0.3, 0.4) is 0 Å². The molecule has 0 unspecified atom stereocenters. The van der Waals surface area contributed by atoms with Crippen molar-refractivity contribution in [2.24, 2.45) is 0 Å². The highest BCUT2D eigenvalue weighted by Crippen LogP contribution is 2.32. The standard InChI is InChI=1S/C20H20N4O4S2/c1-13(25)24-11-3-4-15-12-17(9-10-18(15)24)30(26,27)23-20-22-21-19(29-20)14-5-7-16(28-2)8-6-14/h5-10,12H,3-4,11H2,1-2H3,(H,22,23). The Kier molecular flexibility index (Phi) is 5.44. The number of ether oxygens (including phenoxy) is 1. The van der Waals surface area contributed by atoms with Crippen LogP contribution >= 0.6 is 11.3 Å². The molecular formula is C20H20N4O4S2. The minimum Gasteiger partial charge on any atom is -0.497 e. The van der Waals surface area contributed by atoms with Crippen molar-refractivity contribution in [2.75, 3.05) is 23.3 Å². The molecule has 4 rings (SSSR count). The normalized spacial score (nSPS) is 13.6. The van der Waals surface area contributed by atoms with Crippen LogP contribution in [-0.4, -0.2) is 38.2 Å². The van der Waals surface area contributed by atoms with E-state index in [0.29, 0.717) is 11.6 Å². The summed E-state index contributed by atoms with van der Waals surface area (Å²) in [5.41, 5.74) is 2.43. The van der Waals surface area contributed by atoms with E-state index in [-0.39, 0.29) is 15.9 Å². The molecule has 0 atom stereocenters. The number of fused-ring (bicyclic) bond motifs is 1. The minimum atomic E-state index is -3.83. The lowest BCUT2D eigenvalue weighted by molar-refractivity contribution is -0.116. The first-order valence-corrected chi connectivity index (χ1v) is 11.6. The van der Waals surface area contributed by atoms with Gasteiger partial charge in [-0.05, 0) is 60.9 Å². The number of amides is 1. The van der Waals surface area contributed by atoms with Gasteiger partial charge in [-0.15, -0.1) is 10.2 Å². The lowest BCUT2D eigenvalue weighted by atomic mass is 10.0. The number of sulfonamides is 1. The molecule has 1 aliphatic heterocycles. The maximum atomic E-state index is 12.9. The third kappa shape index (κ3) is 4.01. The fourth-order valence-corrected chi connectivity index (χ4v) is 5.39. The zero-order chi connectivity index (χ0) is 21.3. The maximum absolute atomic E-state index is 12.9. The van der Waals surface area contributed by atoms with E-state index in [4.69, 9.17) is 4.74 Å². The van der Waals surface area contributed by atoms with E-state index in [9.17, 15) is 13.2 Å². The lowest BCUT2D eigenvalue weighted by Crippen LogP contribution is -2.33. The van der Waals surface area contributed by atoms with Crippen molar-refractivity contribution >= 4 is 38.1 Å². The molecule has 0 radical (unpaired) electrons. The van der Waals surface area contributed by atoms with E-state index in [1.165, 1.54) is 13.0 Å². The predicted octanol–water partition coefficient (Wildman–Crippen LogP) is 3.31. The zero-order valence-corrected chi connectivity index (χ0v) is 18.1. The number of aromatic nitrogens is 2. The Hall–Kier alpha value is -2.98. The molecule has 2 aromatic carbocycles. The number of hydrogen-bond donors (Lipinski definition) is 1. The molecule has 10 heteroatoms. The number of methoxy groups -OCH3 is 1. The third-order valence-corrected chi connectivity index (χ3v) is 7.20. The Balaban J connectivity index is 1.56. The largest absolute Gasteiger partial charge is 0.497 e. The first-order valence-electron chi connectivity index (χ1n) is 9.29. The second-order valence-electron chi connectivity index (χ2n) is 6.81. The van der Waals surface area contributed by atoms with Gasteiger partial charge in [-0.3, -0.25) is 9.52 Å². The predicted molar refractivity (Wildman–Crippen MR) is 115 cm³/mol. The monoisotopic (exact) mass is 444 g/mol. The Morgan fingerprint density at radius 3 is 2.63 bits per heavy atom. The van der Waals surface area contributed by atoms with E-state index < -0.39 is 10.0 Å². The molecule has 0 fully saturated rings. The van der Waals surface area contributed by atoms with Crippen LogP contribution in [0.15, 0.2) is 47.4 Å². The smallest absolute Gasteiger partial charge is 0.263 e. The van der Waals surface area contributed by atoms with Gasteiger partial charge < -0.3 is 9.64 Å². The van der Waals surface area contributed by atoms with Crippen LogP contribution in [0, 0.1) is 0 Å². The van der Waals surface area contributed by atoms with Gasteiger partial charge in [0.2, 0.25) is 11.0 Å². The number of anilines is 2. The molecule has 1 aromatic heterocycles. The molecule has 0 bridgehead atoms. The number of nitrogens with zero attached hydrogens (tertiary/aromatic N) is 3. The Morgan fingerprint density at radius 2 is 1.93 bits per heavy atom. The van der Waals surface area contributed by atoms with Crippen LogP contribution < -0.4 is 14.4 Å². The van der Waals surface area contributed by atoms with Crippen LogP contribution in [-0.2, 0) is 21.2 Å². The first kappa shape index (κ1) is 20.3. The average molecular weight is 445 g/mol. The van der Waals surface area contributed by atoms with Crippen molar-refractivity contribution in [3.63, 3.8) is 0 Å². The van der Waals surface area contributed by atoms with Gasteiger partial charge in [-0.1, -0.05) is 11.3 Å². The number of benzene rings is 2. The Bertz CT molecular complexity index is 1190. The average Bonchev–Trinajstić information content (AvgIpc) is 3.20. The van der Waals surface area contributed by atoms with Crippen LogP contribution in [0.25, 0.3) is 10.6 Å². The van der Waals surface area contributed by atoms with Gasteiger partial charge in [0.15, 0.2) is 0 Å². The summed E-state index contributed by atoms with van der Waals surface area (Å²) in [7, 11) is -2.24. The summed E-state index contributed by atoms with van der Waals surface area (Å²) in [6.45, 7) is 2.16. The van der Waals surface area contributed by atoms with Crippen molar-refractivity contribution in [2.45, 2.75) is 24.7 Å². The Morgan fingerprint density at radius 1 is 1.17 bits per heavy atom. The zero-order valence-electron chi connectivity index (χ0n) is 16.5. The second-order valence-corrected chi connectivity index (χ2v) is 9.47. The topological polar surface area (TPSA) is 101 Å². The number of rotatable bonds is 5. The second kappa shape index (κ2) is 8.04. The fraction of sp³-hybridized carbons (Fsp3) is 0.250. The maximum Gasteiger partial charge on any atom is 0.263 e. The van der Waals surface area contributed by atoms with Crippen molar-refractivity contribution in [3.05, 3.63) is 48.0 Å². The van der Waals surface area contributed by atoms with Gasteiger partial charge in [0, 0.05) is 24.7 Å². The fourth-order valence-electron chi connectivity index (χ4n) is 3.36. The van der Waals surface area contributed by atoms with Crippen LogP contribution in [0.2, 0.25) is 0 Å². The number of carbonyl (C=O) groups excluding carboxylic acids is 1. The summed E-state index contributed by atoms with van der Waals surface area (Å²) in [5.74, 6) is 0.671. The Labute approximate surface area is 178 Å². The quantitative estimate of drug-likeness (QED) is 0.648. The van der Waals surface area contributed by atoms with Crippen LogP contribution in [0.1, 0.15) is 18.9 Å². The van der Waals surface area contributed by atoms with Crippen molar-refractivity contribution in [1.29, 1.82) is 0 Å². The molecule has 8 nitrogen and oxygen atoms in total. The first-order chi connectivity index (χ1) is 14.4. The van der Waals surface area contributed by atoms with Crippen molar-refractivity contribution in [3.8, 4) is 16.3 Å². The molecule has 0 spiro atoms. The number of carbonyl (C=O) groups is 1. The summed E-state index contributed by atoms with van der Waals surface area (Å²) in [6.07, 6.45) is 1.52. The number of hydrogen-bond acceptors (Lipinski definition) is 7. The SMILES string of the molecule is COc1ccc(-c2nnc(NS(=O)(=O)c3ccc4c(c3)CCCN4C(C)=O)s2)cc1. The summed E-state index contributed by atoms with van der Waals surface area (Å²) in [4.78, 5) is 13.6. The molecule has 156 valence electrons. The van der Waals surface area contributed by atoms with Crippen molar-refractivity contribution in [1.82, 2.24) is 10.2 Å². The molecule has 1 amide bonds. The van der Waals surface area contributed by atoms with E-state index >= 15 is 0 Å². The van der Waals surface area contributed by atoms with Gasteiger partial charge in [-0.25, -0.2) is 8.42 Å². The lowest BCUT2D eigenvalue weighted by Gasteiger charge is -2.28. The number of aryl methyl sites for hydroxylation is 1. The van der Waals surface area contributed by atoms with Crippen LogP contribution in [0.4, 0.5) is 10.8 Å². The summed E-state index contributed by atoms with van der Waals surface area (Å²) in [6, 6.07) is 12.1. The molecule has 30 heavy (non-hydrogen) atoms. The van der Waals surface area contributed by atoms with Crippen LogP contribution in [0.5, 0.6) is 5.75 Å². The molecule has 1 N–H and O–H groups in total. The highest BCUT2D eigenvalue weighted by atomic mass is 32.2. The van der Waals surface area contributed by atoms with Crippen molar-refractivity contribution < 1.29 is 17.9 Å². The highest BCUT2D eigenvalue weighted by molar-refractivity contribution is 7.93. The van der Waals surface area contributed by atoms with E-state index in [2.05, 4.69) is 14.9 Å². The van der Waals surface area contributed by atoms with Gasteiger partial charge >= 0.3 is 0 Å². The van der Waals surface area contributed by atoms with E-state index in [1.54, 1.807) is 36.3 Å². The molecular weight excluding hydrogens is 424 g/mol. The minimum absolute atomic E-state index is 0.0513. The number of nitrogens with one attached hydrogen (secondary N) is 1. The van der Waals surface area contributed by atoms with E-state index in [1.807, 2.05) is 12.1 Å². The van der Waals surface area contributed by atoms with E-state index in [0.717, 1.165) is 46.7 Å². The van der Waals surface area contributed by atoms with Gasteiger partial charge in [-0.2, -0.15) is 0 Å².